The number of hydrogen-bond acceptors (Lipinski definition) is 2. The molecule has 0 aliphatic rings. The number of halogens is 1. The zero-order valence-corrected chi connectivity index (χ0v) is 12.2. The third kappa shape index (κ3) is 4.27. The van der Waals surface area contributed by atoms with Crippen molar-refractivity contribution >= 4 is 23.4 Å². The Labute approximate surface area is 123 Å². The summed E-state index contributed by atoms with van der Waals surface area (Å²) in [4.78, 5) is 1.26. The Kier molecular flexibility index (Phi) is 5.77. The van der Waals surface area contributed by atoms with Crippen molar-refractivity contribution in [3.63, 3.8) is 0 Å². The molecule has 2 aromatic rings. The summed E-state index contributed by atoms with van der Waals surface area (Å²) in [5.74, 6) is 1.09. The summed E-state index contributed by atoms with van der Waals surface area (Å²) < 4.78 is 0. The van der Waals surface area contributed by atoms with Crippen LogP contribution in [0.5, 0.6) is 0 Å². The van der Waals surface area contributed by atoms with Gasteiger partial charge >= 0.3 is 0 Å². The molecule has 3 heteroatoms. The summed E-state index contributed by atoms with van der Waals surface area (Å²) >= 11 is 7.99. The van der Waals surface area contributed by atoms with Gasteiger partial charge in [0, 0.05) is 15.8 Å². The summed E-state index contributed by atoms with van der Waals surface area (Å²) in [5.41, 5.74) is 1.04. The molecule has 1 unspecified atom stereocenters. The van der Waals surface area contributed by atoms with Gasteiger partial charge in [-0.15, -0.1) is 11.8 Å². The lowest BCUT2D eigenvalue weighted by Gasteiger charge is -2.15. The van der Waals surface area contributed by atoms with Crippen LogP contribution in [0.25, 0.3) is 0 Å². The Balaban J connectivity index is 1.92. The summed E-state index contributed by atoms with van der Waals surface area (Å²) in [7, 11) is 0. The van der Waals surface area contributed by atoms with E-state index in [0.29, 0.717) is 0 Å². The lowest BCUT2D eigenvalue weighted by Crippen LogP contribution is -2.06. The molecule has 0 fully saturated rings. The van der Waals surface area contributed by atoms with Crippen molar-refractivity contribution in [3.05, 3.63) is 65.2 Å². The number of hydrogen-bond donors (Lipinski definition) is 1. The Morgan fingerprint density at radius 2 is 1.68 bits per heavy atom. The standard InChI is InChI=1S/C16H17ClOS/c17-16-9-5-4-8-15(16)13(12-18)10-11-19-14-6-2-1-3-7-14/h1-9,13,18H,10-12H2. The third-order valence-corrected chi connectivity index (χ3v) is 4.43. The van der Waals surface area contributed by atoms with E-state index >= 15 is 0 Å². The van der Waals surface area contributed by atoms with Crippen LogP contribution in [0.15, 0.2) is 59.5 Å². The molecule has 1 N–H and O–H groups in total. The average Bonchev–Trinajstić information content (AvgIpc) is 2.46. The fourth-order valence-electron chi connectivity index (χ4n) is 1.99. The van der Waals surface area contributed by atoms with Gasteiger partial charge in [-0.05, 0) is 35.9 Å². The minimum atomic E-state index is 0.116. The predicted molar refractivity (Wildman–Crippen MR) is 83.1 cm³/mol. The van der Waals surface area contributed by atoms with E-state index in [2.05, 4.69) is 12.1 Å². The first-order chi connectivity index (χ1) is 9.31. The first kappa shape index (κ1) is 14.4. The predicted octanol–water partition coefficient (Wildman–Crippen LogP) is 4.60. The topological polar surface area (TPSA) is 20.2 Å². The molecule has 0 saturated carbocycles. The van der Waals surface area contributed by atoms with E-state index in [0.717, 1.165) is 22.8 Å². The number of rotatable bonds is 6. The molecule has 0 aliphatic carbocycles. The van der Waals surface area contributed by atoms with Crippen molar-refractivity contribution < 1.29 is 5.11 Å². The van der Waals surface area contributed by atoms with Crippen LogP contribution in [0.2, 0.25) is 5.02 Å². The lowest BCUT2D eigenvalue weighted by atomic mass is 9.97. The third-order valence-electron chi connectivity index (χ3n) is 3.04. The van der Waals surface area contributed by atoms with Gasteiger partial charge in [0.2, 0.25) is 0 Å². The average molecular weight is 293 g/mol. The van der Waals surface area contributed by atoms with Gasteiger partial charge in [-0.1, -0.05) is 48.0 Å². The highest BCUT2D eigenvalue weighted by Gasteiger charge is 2.13. The molecule has 100 valence electrons. The Morgan fingerprint density at radius 3 is 2.37 bits per heavy atom. The van der Waals surface area contributed by atoms with Crippen LogP contribution in [-0.2, 0) is 0 Å². The number of aliphatic hydroxyl groups is 1. The van der Waals surface area contributed by atoms with E-state index in [1.807, 2.05) is 54.2 Å². The molecule has 0 bridgehead atoms. The Bertz CT molecular complexity index is 501. The van der Waals surface area contributed by atoms with Crippen molar-refractivity contribution in [2.45, 2.75) is 17.2 Å². The molecule has 1 atom stereocenters. The molecule has 0 saturated heterocycles. The lowest BCUT2D eigenvalue weighted by molar-refractivity contribution is 0.263. The summed E-state index contributed by atoms with van der Waals surface area (Å²) in [6, 6.07) is 18.1. The van der Waals surface area contributed by atoms with Crippen LogP contribution in [0.4, 0.5) is 0 Å². The second kappa shape index (κ2) is 7.59. The van der Waals surface area contributed by atoms with Gasteiger partial charge in [-0.25, -0.2) is 0 Å². The molecular formula is C16H17ClOS. The minimum absolute atomic E-state index is 0.116. The van der Waals surface area contributed by atoms with Crippen LogP contribution in [0.1, 0.15) is 17.9 Å². The molecule has 1 nitrogen and oxygen atoms in total. The zero-order valence-electron chi connectivity index (χ0n) is 10.6. The maximum atomic E-state index is 9.53. The van der Waals surface area contributed by atoms with E-state index in [-0.39, 0.29) is 12.5 Å². The first-order valence-corrected chi connectivity index (χ1v) is 7.70. The molecule has 2 aromatic carbocycles. The summed E-state index contributed by atoms with van der Waals surface area (Å²) in [6.45, 7) is 0.138. The fourth-order valence-corrected chi connectivity index (χ4v) is 3.26. The molecule has 0 spiro atoms. The molecule has 19 heavy (non-hydrogen) atoms. The molecule has 0 radical (unpaired) electrons. The van der Waals surface area contributed by atoms with Crippen LogP contribution in [-0.4, -0.2) is 17.5 Å². The molecule has 0 aliphatic heterocycles. The van der Waals surface area contributed by atoms with Crippen LogP contribution in [0.3, 0.4) is 0 Å². The highest BCUT2D eigenvalue weighted by Crippen LogP contribution is 2.29. The minimum Gasteiger partial charge on any atom is -0.396 e. The van der Waals surface area contributed by atoms with E-state index in [9.17, 15) is 5.11 Å². The van der Waals surface area contributed by atoms with Crippen molar-refractivity contribution in [1.82, 2.24) is 0 Å². The van der Waals surface area contributed by atoms with Crippen molar-refractivity contribution in [2.24, 2.45) is 0 Å². The van der Waals surface area contributed by atoms with Gasteiger partial charge in [0.1, 0.15) is 0 Å². The van der Waals surface area contributed by atoms with Gasteiger partial charge in [0.15, 0.2) is 0 Å². The zero-order chi connectivity index (χ0) is 13.5. The highest BCUT2D eigenvalue weighted by molar-refractivity contribution is 7.99. The second-order valence-corrected chi connectivity index (χ2v) is 5.93. The second-order valence-electron chi connectivity index (χ2n) is 4.35. The van der Waals surface area contributed by atoms with Gasteiger partial charge < -0.3 is 5.11 Å². The van der Waals surface area contributed by atoms with E-state index < -0.39 is 0 Å². The van der Waals surface area contributed by atoms with Gasteiger partial charge in [-0.2, -0.15) is 0 Å². The van der Waals surface area contributed by atoms with E-state index in [1.165, 1.54) is 4.90 Å². The molecule has 0 amide bonds. The van der Waals surface area contributed by atoms with E-state index in [1.54, 1.807) is 0 Å². The first-order valence-electron chi connectivity index (χ1n) is 6.34. The molecule has 0 heterocycles. The fraction of sp³-hybridized carbons (Fsp3) is 0.250. The highest BCUT2D eigenvalue weighted by atomic mass is 35.5. The number of thioether (sulfide) groups is 1. The Morgan fingerprint density at radius 1 is 1.00 bits per heavy atom. The summed E-state index contributed by atoms with van der Waals surface area (Å²) in [5, 5.41) is 10.3. The normalized spacial score (nSPS) is 12.3. The van der Waals surface area contributed by atoms with Gasteiger partial charge in [0.05, 0.1) is 6.61 Å². The number of benzene rings is 2. The maximum Gasteiger partial charge on any atom is 0.0500 e. The van der Waals surface area contributed by atoms with Crippen molar-refractivity contribution in [2.75, 3.05) is 12.4 Å². The van der Waals surface area contributed by atoms with Crippen LogP contribution in [0, 0.1) is 0 Å². The maximum absolute atomic E-state index is 9.53. The molecule has 2 rings (SSSR count). The van der Waals surface area contributed by atoms with Crippen LogP contribution >= 0.6 is 23.4 Å². The SMILES string of the molecule is OCC(CCSc1ccccc1)c1ccccc1Cl. The van der Waals surface area contributed by atoms with Crippen molar-refractivity contribution in [1.29, 1.82) is 0 Å². The summed E-state index contributed by atoms with van der Waals surface area (Å²) in [6.07, 6.45) is 0.916. The molecular weight excluding hydrogens is 276 g/mol. The van der Waals surface area contributed by atoms with E-state index in [4.69, 9.17) is 11.6 Å². The molecule has 0 aromatic heterocycles. The van der Waals surface area contributed by atoms with Crippen LogP contribution < -0.4 is 0 Å². The number of aliphatic hydroxyl groups excluding tert-OH is 1. The Hall–Kier alpha value is -0.960. The quantitative estimate of drug-likeness (QED) is 0.785. The van der Waals surface area contributed by atoms with Gasteiger partial charge in [0.25, 0.3) is 0 Å². The van der Waals surface area contributed by atoms with Crippen molar-refractivity contribution in [3.8, 4) is 0 Å². The largest absolute Gasteiger partial charge is 0.396 e. The monoisotopic (exact) mass is 292 g/mol. The van der Waals surface area contributed by atoms with Gasteiger partial charge in [-0.3, -0.25) is 0 Å². The smallest absolute Gasteiger partial charge is 0.0500 e.